The van der Waals surface area contributed by atoms with Crippen LogP contribution in [0.5, 0.6) is 0 Å². The molecule has 0 radical (unpaired) electrons. The van der Waals surface area contributed by atoms with Gasteiger partial charge >= 0.3 is 0 Å². The molecule has 0 bridgehead atoms. The van der Waals surface area contributed by atoms with Gasteiger partial charge in [0.2, 0.25) is 5.91 Å². The highest BCUT2D eigenvalue weighted by molar-refractivity contribution is 8.12. The summed E-state index contributed by atoms with van der Waals surface area (Å²) in [5, 5.41) is 2.37. The van der Waals surface area contributed by atoms with E-state index in [2.05, 4.69) is 89.9 Å². The monoisotopic (exact) mass is 439 g/mol. The van der Waals surface area contributed by atoms with Crippen molar-refractivity contribution in [2.75, 3.05) is 24.5 Å². The van der Waals surface area contributed by atoms with Crippen LogP contribution in [-0.4, -0.2) is 35.2 Å². The van der Waals surface area contributed by atoms with Gasteiger partial charge in [0.05, 0.1) is 0 Å². The molecule has 5 heteroatoms. The van der Waals surface area contributed by atoms with Crippen molar-refractivity contribution in [2.24, 2.45) is 17.6 Å². The van der Waals surface area contributed by atoms with Gasteiger partial charge in [-0.05, 0) is 54.3 Å². The minimum atomic E-state index is -0.154. The number of nitrogens with zero attached hydrogens (tertiary/aromatic N) is 2. The number of carbonyl (C=O) groups excluding carboxylic acids is 1. The summed E-state index contributed by atoms with van der Waals surface area (Å²) in [4.78, 5) is 13.8. The Hall–Kier alpha value is -2.11. The van der Waals surface area contributed by atoms with Crippen LogP contribution >= 0.6 is 10.7 Å². The number of anilines is 1. The molecule has 31 heavy (non-hydrogen) atoms. The first-order chi connectivity index (χ1) is 15.0. The molecule has 1 saturated heterocycles. The fourth-order valence-corrected chi connectivity index (χ4v) is 6.14. The van der Waals surface area contributed by atoms with Crippen LogP contribution in [0, 0.1) is 11.8 Å². The van der Waals surface area contributed by atoms with Crippen molar-refractivity contribution in [1.29, 1.82) is 0 Å². The Morgan fingerprint density at radius 2 is 1.74 bits per heavy atom. The van der Waals surface area contributed by atoms with Gasteiger partial charge in [-0.25, -0.2) is 0 Å². The zero-order valence-electron chi connectivity index (χ0n) is 19.2. The summed E-state index contributed by atoms with van der Waals surface area (Å²) in [6.07, 6.45) is 1.71. The van der Waals surface area contributed by atoms with E-state index in [1.54, 1.807) is 0 Å². The smallest absolute Gasteiger partial charge is 0.220 e. The fraction of sp³-hybridized carbons (Fsp3) is 0.462. The number of nitrogens with two attached hydrogens (primary N) is 1. The fourth-order valence-electron chi connectivity index (χ4n) is 4.16. The molecule has 1 fully saturated rings. The van der Waals surface area contributed by atoms with Crippen molar-refractivity contribution < 1.29 is 4.79 Å². The quantitative estimate of drug-likeness (QED) is 0.556. The predicted molar refractivity (Wildman–Crippen MR) is 135 cm³/mol. The van der Waals surface area contributed by atoms with Gasteiger partial charge < -0.3 is 10.6 Å². The average Bonchev–Trinajstić information content (AvgIpc) is 2.78. The summed E-state index contributed by atoms with van der Waals surface area (Å²) in [5.41, 5.74) is 9.46. The summed E-state index contributed by atoms with van der Waals surface area (Å²) in [5.74, 6) is 1.57. The Bertz CT molecular complexity index is 856. The van der Waals surface area contributed by atoms with Crippen LogP contribution in [0.4, 0.5) is 5.69 Å². The number of amides is 1. The molecule has 168 valence electrons. The van der Waals surface area contributed by atoms with E-state index in [1.807, 2.05) is 0 Å². The molecule has 1 unspecified atom stereocenters. The van der Waals surface area contributed by atoms with Crippen molar-refractivity contribution in [1.82, 2.24) is 4.31 Å². The van der Waals surface area contributed by atoms with Crippen LogP contribution in [0.1, 0.15) is 44.7 Å². The highest BCUT2D eigenvalue weighted by atomic mass is 32.2. The van der Waals surface area contributed by atoms with Gasteiger partial charge in [0.25, 0.3) is 0 Å². The zero-order valence-corrected chi connectivity index (χ0v) is 20.0. The topological polar surface area (TPSA) is 49.6 Å². The van der Waals surface area contributed by atoms with E-state index in [4.69, 9.17) is 5.73 Å². The second-order valence-corrected chi connectivity index (χ2v) is 10.9. The number of benzene rings is 2. The number of piperidine rings is 1. The molecule has 3 rings (SSSR count). The molecule has 0 aliphatic carbocycles. The van der Waals surface area contributed by atoms with Gasteiger partial charge in [0.15, 0.2) is 0 Å². The first-order valence-corrected chi connectivity index (χ1v) is 12.8. The van der Waals surface area contributed by atoms with Crippen LogP contribution in [0.3, 0.4) is 0 Å². The summed E-state index contributed by atoms with van der Waals surface area (Å²) in [6.45, 7) is 10.6. The summed E-state index contributed by atoms with van der Waals surface area (Å²) in [7, 11) is 0.0947. The average molecular weight is 440 g/mol. The number of primary amides is 1. The lowest BCUT2D eigenvalue weighted by Gasteiger charge is -2.32. The molecule has 2 N–H and O–H groups in total. The third-order valence-corrected chi connectivity index (χ3v) is 8.00. The van der Waals surface area contributed by atoms with E-state index in [-0.39, 0.29) is 22.5 Å². The van der Waals surface area contributed by atoms with Crippen molar-refractivity contribution in [3.8, 4) is 0 Å². The van der Waals surface area contributed by atoms with Gasteiger partial charge in [-0.15, -0.1) is 10.7 Å². The van der Waals surface area contributed by atoms with Crippen molar-refractivity contribution in [2.45, 2.75) is 45.9 Å². The molecule has 1 heterocycles. The maximum Gasteiger partial charge on any atom is 0.220 e. The predicted octanol–water partition coefficient (Wildman–Crippen LogP) is 5.05. The lowest BCUT2D eigenvalue weighted by atomic mass is 9.96. The first kappa shape index (κ1) is 23.6. The molecule has 0 saturated carbocycles. The van der Waals surface area contributed by atoms with Crippen molar-refractivity contribution in [3.63, 3.8) is 0 Å². The van der Waals surface area contributed by atoms with Crippen molar-refractivity contribution >= 4 is 27.6 Å². The molecule has 0 spiro atoms. The van der Waals surface area contributed by atoms with E-state index in [0.717, 1.165) is 44.8 Å². The second kappa shape index (κ2) is 11.5. The molecule has 4 nitrogen and oxygen atoms in total. The molecular weight excluding hydrogens is 402 g/mol. The third kappa shape index (κ3) is 6.94. The normalized spacial score (nSPS) is 16.2. The Kier molecular flexibility index (Phi) is 8.73. The van der Waals surface area contributed by atoms with Crippen LogP contribution < -0.4 is 10.6 Å². The van der Waals surface area contributed by atoms with Crippen molar-refractivity contribution in [3.05, 3.63) is 65.7 Å². The van der Waals surface area contributed by atoms with E-state index >= 15 is 0 Å². The molecule has 1 atom stereocenters. The summed E-state index contributed by atoms with van der Waals surface area (Å²) < 4.78 is 2.63. The maximum atomic E-state index is 11.4. The van der Waals surface area contributed by atoms with Crippen LogP contribution in [0.15, 0.2) is 54.6 Å². The van der Waals surface area contributed by atoms with Crippen LogP contribution in [0.2, 0.25) is 0 Å². The zero-order chi connectivity index (χ0) is 22.2. The van der Waals surface area contributed by atoms with Gasteiger partial charge in [0, 0.05) is 43.5 Å². The largest absolute Gasteiger partial charge is 0.371 e. The maximum absolute atomic E-state index is 11.4. The van der Waals surface area contributed by atoms with E-state index in [9.17, 15) is 4.79 Å². The number of hydrogen-bond donors (Lipinski definition) is 1. The van der Waals surface area contributed by atoms with Gasteiger partial charge in [-0.2, -0.15) is 0 Å². The Balaban J connectivity index is 1.66. The molecule has 1 aliphatic heterocycles. The highest BCUT2D eigenvalue weighted by Gasteiger charge is 2.23. The number of rotatable bonds is 9. The van der Waals surface area contributed by atoms with Gasteiger partial charge in [0.1, 0.15) is 0 Å². The van der Waals surface area contributed by atoms with E-state index in [1.165, 1.54) is 16.8 Å². The van der Waals surface area contributed by atoms with Gasteiger partial charge in [-0.3, -0.25) is 9.10 Å². The third-order valence-electron chi connectivity index (χ3n) is 5.89. The Morgan fingerprint density at radius 3 is 2.29 bits per heavy atom. The molecule has 2 aromatic carbocycles. The minimum absolute atomic E-state index is 0.0351. The van der Waals surface area contributed by atoms with E-state index < -0.39 is 0 Å². The lowest BCUT2D eigenvalue weighted by molar-refractivity contribution is -0.122. The molecule has 0 aromatic heterocycles. The molecule has 1 amide bonds. The van der Waals surface area contributed by atoms with Crippen LogP contribution in [0.25, 0.3) is 0 Å². The molecule has 1 aliphatic rings. The second-order valence-electron chi connectivity index (χ2n) is 8.81. The SMILES string of the molecule is CC=S(Cc1ccccc1)N(Cc1ccc(N2CCC(C(N)=O)CC2)cc1)CC(C)C. The highest BCUT2D eigenvalue weighted by Crippen LogP contribution is 2.29. The Morgan fingerprint density at radius 1 is 1.10 bits per heavy atom. The standard InChI is InChI=1S/C26H37N3OS/c1-4-31(20-23-8-6-5-7-9-23)29(18-21(2)3)19-22-10-12-25(13-11-22)28-16-14-24(15-17-28)26(27)30/h4-13,21,24H,14-20H2,1-3H3,(H2,27,30). The van der Waals surface area contributed by atoms with Crippen LogP contribution in [-0.2, 0) is 17.1 Å². The summed E-state index contributed by atoms with van der Waals surface area (Å²) >= 11 is 0. The molecular formula is C26H37N3OS. The number of carbonyl (C=O) groups is 1. The molecule has 2 aromatic rings. The number of hydrogen-bond acceptors (Lipinski definition) is 3. The summed E-state index contributed by atoms with van der Waals surface area (Å²) in [6, 6.07) is 19.8. The van der Waals surface area contributed by atoms with Gasteiger partial charge in [-0.1, -0.05) is 56.3 Å². The lowest BCUT2D eigenvalue weighted by Crippen LogP contribution is -2.38. The first-order valence-electron chi connectivity index (χ1n) is 11.4. The Labute approximate surface area is 190 Å². The minimum Gasteiger partial charge on any atom is -0.371 e. The van der Waals surface area contributed by atoms with E-state index in [0.29, 0.717) is 5.92 Å².